The summed E-state index contributed by atoms with van der Waals surface area (Å²) in [5, 5.41) is 7.00. The van der Waals surface area contributed by atoms with Crippen molar-refractivity contribution < 1.29 is 23.7 Å². The van der Waals surface area contributed by atoms with Crippen molar-refractivity contribution in [1.29, 1.82) is 0 Å². The maximum absolute atomic E-state index is 12.8. The van der Waals surface area contributed by atoms with E-state index < -0.39 is 0 Å². The van der Waals surface area contributed by atoms with E-state index in [9.17, 15) is 4.79 Å². The molecule has 0 saturated carbocycles. The largest absolute Gasteiger partial charge is 0.493 e. The average molecular weight is 474 g/mol. The average Bonchev–Trinajstić information content (AvgIpc) is 3.32. The van der Waals surface area contributed by atoms with Gasteiger partial charge < -0.3 is 34.6 Å². The van der Waals surface area contributed by atoms with Gasteiger partial charge in [0.15, 0.2) is 23.0 Å². The van der Waals surface area contributed by atoms with Gasteiger partial charge in [-0.1, -0.05) is 24.3 Å². The second-order valence-electron chi connectivity index (χ2n) is 8.15. The van der Waals surface area contributed by atoms with Crippen LogP contribution in [0.15, 0.2) is 66.9 Å². The zero-order chi connectivity index (χ0) is 24.2. The first kappa shape index (κ1) is 22.5. The van der Waals surface area contributed by atoms with Crippen molar-refractivity contribution in [3.05, 3.63) is 78.0 Å². The summed E-state index contributed by atoms with van der Waals surface area (Å²) < 4.78 is 22.1. The fraction of sp³-hybridized carbons (Fsp3) is 0.222. The highest BCUT2D eigenvalue weighted by Gasteiger charge is 2.21. The smallest absolute Gasteiger partial charge is 0.319 e. The number of carbonyl (C=O) groups excluding carboxylic acids is 1. The van der Waals surface area contributed by atoms with Gasteiger partial charge in [0, 0.05) is 41.3 Å². The number of ether oxygens (including phenoxy) is 4. The molecule has 0 bridgehead atoms. The quantitative estimate of drug-likeness (QED) is 0.355. The Morgan fingerprint density at radius 1 is 0.971 bits per heavy atom. The molecule has 1 atom stereocenters. The van der Waals surface area contributed by atoms with E-state index in [0.29, 0.717) is 48.4 Å². The molecule has 8 nitrogen and oxygen atoms in total. The number of para-hydroxylation sites is 1. The van der Waals surface area contributed by atoms with E-state index in [-0.39, 0.29) is 11.9 Å². The Bertz CT molecular complexity index is 1350. The van der Waals surface area contributed by atoms with Gasteiger partial charge in [-0.25, -0.2) is 4.79 Å². The van der Waals surface area contributed by atoms with E-state index in [0.717, 1.165) is 22.0 Å². The highest BCUT2D eigenvalue weighted by Crippen LogP contribution is 2.36. The lowest BCUT2D eigenvalue weighted by Crippen LogP contribution is -2.32. The molecule has 3 aromatic carbocycles. The summed E-state index contributed by atoms with van der Waals surface area (Å²) >= 11 is 0. The highest BCUT2D eigenvalue weighted by atomic mass is 16.6. The van der Waals surface area contributed by atoms with Gasteiger partial charge in [0.25, 0.3) is 0 Å². The number of rotatable bonds is 7. The van der Waals surface area contributed by atoms with Crippen LogP contribution in [0.1, 0.15) is 17.0 Å². The van der Waals surface area contributed by atoms with Crippen LogP contribution in [0.5, 0.6) is 23.0 Å². The molecule has 3 N–H and O–H groups in total. The third-order valence-corrected chi connectivity index (χ3v) is 6.07. The molecule has 5 rings (SSSR count). The minimum atomic E-state index is -0.313. The van der Waals surface area contributed by atoms with Gasteiger partial charge in [0.2, 0.25) is 0 Å². The van der Waals surface area contributed by atoms with Gasteiger partial charge in [0.1, 0.15) is 13.2 Å². The molecule has 0 saturated heterocycles. The lowest BCUT2D eigenvalue weighted by Gasteiger charge is -2.21. The van der Waals surface area contributed by atoms with E-state index in [1.165, 1.54) is 0 Å². The van der Waals surface area contributed by atoms with Gasteiger partial charge in [-0.15, -0.1) is 0 Å². The predicted octanol–water partition coefficient (Wildman–Crippen LogP) is 4.91. The number of methoxy groups -OCH3 is 2. The number of aromatic nitrogens is 1. The summed E-state index contributed by atoms with van der Waals surface area (Å²) in [5.41, 5.74) is 3.73. The van der Waals surface area contributed by atoms with Crippen LogP contribution in [0.2, 0.25) is 0 Å². The minimum absolute atomic E-state index is 0.128. The van der Waals surface area contributed by atoms with Crippen molar-refractivity contribution in [3.63, 3.8) is 0 Å². The SMILES string of the molecule is COc1ccc([C@@H](CNC(=O)Nc2ccc3c(c2)OCCO3)c2c[nH]c3ccccc23)cc1OC. The van der Waals surface area contributed by atoms with Crippen molar-refractivity contribution in [2.75, 3.05) is 39.3 Å². The summed E-state index contributed by atoms with van der Waals surface area (Å²) in [6, 6.07) is 19.0. The Morgan fingerprint density at radius 3 is 2.60 bits per heavy atom. The summed E-state index contributed by atoms with van der Waals surface area (Å²) in [5.74, 6) is 2.46. The summed E-state index contributed by atoms with van der Waals surface area (Å²) in [4.78, 5) is 16.2. The van der Waals surface area contributed by atoms with Crippen LogP contribution < -0.4 is 29.6 Å². The molecule has 1 aromatic heterocycles. The Balaban J connectivity index is 1.39. The molecule has 1 aliphatic heterocycles. The molecule has 0 spiro atoms. The van der Waals surface area contributed by atoms with Crippen molar-refractivity contribution >= 4 is 22.6 Å². The molecule has 2 amide bonds. The number of amides is 2. The standard InChI is InChI=1S/C27H27N3O5/c1-32-23-9-7-17(13-25(23)33-2)20(21-16-28-22-6-4-3-5-19(21)22)15-29-27(31)30-18-8-10-24-26(14-18)35-12-11-34-24/h3-10,13-14,16,20,28H,11-12,15H2,1-2H3,(H2,29,30,31)/t20-/m1/s1. The monoisotopic (exact) mass is 473 g/mol. The van der Waals surface area contributed by atoms with E-state index in [4.69, 9.17) is 18.9 Å². The maximum atomic E-state index is 12.8. The van der Waals surface area contributed by atoms with Gasteiger partial charge in [-0.2, -0.15) is 0 Å². The van der Waals surface area contributed by atoms with E-state index in [1.54, 1.807) is 32.4 Å². The molecule has 2 heterocycles. The van der Waals surface area contributed by atoms with E-state index >= 15 is 0 Å². The number of hydrogen-bond donors (Lipinski definition) is 3. The Kier molecular flexibility index (Phi) is 6.34. The molecule has 0 radical (unpaired) electrons. The normalized spacial score (nSPS) is 13.2. The van der Waals surface area contributed by atoms with Crippen LogP contribution in [0.4, 0.5) is 10.5 Å². The van der Waals surface area contributed by atoms with Gasteiger partial charge in [-0.3, -0.25) is 0 Å². The van der Waals surface area contributed by atoms with Crippen LogP contribution in [0.3, 0.4) is 0 Å². The molecular weight excluding hydrogens is 446 g/mol. The van der Waals surface area contributed by atoms with Crippen LogP contribution in [0.25, 0.3) is 10.9 Å². The molecule has 1 aliphatic rings. The van der Waals surface area contributed by atoms with Gasteiger partial charge >= 0.3 is 6.03 Å². The summed E-state index contributed by atoms with van der Waals surface area (Å²) in [6.45, 7) is 1.37. The first-order valence-corrected chi connectivity index (χ1v) is 11.4. The van der Waals surface area contributed by atoms with E-state index in [2.05, 4.69) is 21.7 Å². The third-order valence-electron chi connectivity index (χ3n) is 6.07. The highest BCUT2D eigenvalue weighted by molar-refractivity contribution is 5.90. The predicted molar refractivity (Wildman–Crippen MR) is 134 cm³/mol. The number of carbonyl (C=O) groups is 1. The lowest BCUT2D eigenvalue weighted by molar-refractivity contribution is 0.171. The number of H-pyrrole nitrogens is 1. The molecule has 35 heavy (non-hydrogen) atoms. The fourth-order valence-electron chi connectivity index (χ4n) is 4.35. The van der Waals surface area contributed by atoms with Crippen LogP contribution >= 0.6 is 0 Å². The second kappa shape index (κ2) is 9.89. The number of urea groups is 1. The number of aromatic amines is 1. The zero-order valence-corrected chi connectivity index (χ0v) is 19.6. The zero-order valence-electron chi connectivity index (χ0n) is 19.6. The Labute approximate surface area is 203 Å². The lowest BCUT2D eigenvalue weighted by atomic mass is 9.90. The topological polar surface area (TPSA) is 93.8 Å². The first-order valence-electron chi connectivity index (χ1n) is 11.4. The molecular formula is C27H27N3O5. The van der Waals surface area contributed by atoms with Crippen molar-refractivity contribution in [1.82, 2.24) is 10.3 Å². The number of benzene rings is 3. The summed E-state index contributed by atoms with van der Waals surface area (Å²) in [7, 11) is 3.22. The number of nitrogens with one attached hydrogen (secondary N) is 3. The molecule has 0 fully saturated rings. The Hall–Kier alpha value is -4.33. The second-order valence-corrected chi connectivity index (χ2v) is 8.15. The molecule has 0 aliphatic carbocycles. The summed E-state index contributed by atoms with van der Waals surface area (Å²) in [6.07, 6.45) is 1.99. The fourth-order valence-corrected chi connectivity index (χ4v) is 4.35. The molecule has 0 unspecified atom stereocenters. The Morgan fingerprint density at radius 2 is 1.77 bits per heavy atom. The molecule has 180 valence electrons. The number of hydrogen-bond acceptors (Lipinski definition) is 5. The van der Waals surface area contributed by atoms with Crippen LogP contribution in [-0.2, 0) is 0 Å². The van der Waals surface area contributed by atoms with Crippen LogP contribution in [0, 0.1) is 0 Å². The van der Waals surface area contributed by atoms with Crippen molar-refractivity contribution in [3.8, 4) is 23.0 Å². The third kappa shape index (κ3) is 4.68. The van der Waals surface area contributed by atoms with E-state index in [1.807, 2.05) is 42.6 Å². The number of fused-ring (bicyclic) bond motifs is 2. The minimum Gasteiger partial charge on any atom is -0.493 e. The molecule has 8 heteroatoms. The van der Waals surface area contributed by atoms with Crippen molar-refractivity contribution in [2.24, 2.45) is 0 Å². The maximum Gasteiger partial charge on any atom is 0.319 e. The first-order chi connectivity index (χ1) is 17.2. The van der Waals surface area contributed by atoms with Gasteiger partial charge in [0.05, 0.1) is 14.2 Å². The molecule has 4 aromatic rings. The van der Waals surface area contributed by atoms with Crippen molar-refractivity contribution in [2.45, 2.75) is 5.92 Å². The van der Waals surface area contributed by atoms with Gasteiger partial charge in [-0.05, 0) is 41.5 Å². The van der Waals surface area contributed by atoms with Crippen LogP contribution in [-0.4, -0.2) is 45.0 Å². The number of anilines is 1.